The highest BCUT2D eigenvalue weighted by Gasteiger charge is 2.24. The monoisotopic (exact) mass is 438 g/mol. The minimum absolute atomic E-state index is 0.455. The summed E-state index contributed by atoms with van der Waals surface area (Å²) in [6, 6.07) is 9.57. The van der Waals surface area contributed by atoms with Gasteiger partial charge in [0.25, 0.3) is 0 Å². The Morgan fingerprint density at radius 2 is 2.00 bits per heavy atom. The fourth-order valence-corrected chi connectivity index (χ4v) is 4.91. The van der Waals surface area contributed by atoms with Gasteiger partial charge in [-0.25, -0.2) is 9.97 Å². The van der Waals surface area contributed by atoms with Crippen molar-refractivity contribution in [2.24, 2.45) is 0 Å². The van der Waals surface area contributed by atoms with Gasteiger partial charge in [-0.05, 0) is 42.5 Å². The van der Waals surface area contributed by atoms with Crippen LogP contribution < -0.4 is 5.32 Å². The van der Waals surface area contributed by atoms with E-state index in [9.17, 15) is 0 Å². The first-order chi connectivity index (χ1) is 15.0. The summed E-state index contributed by atoms with van der Waals surface area (Å²) in [5.74, 6) is 0.455. The van der Waals surface area contributed by atoms with E-state index in [-0.39, 0.29) is 0 Å². The van der Waals surface area contributed by atoms with Crippen LogP contribution in [0.3, 0.4) is 0 Å². The molecule has 2 aromatic heterocycles. The molecular weight excluding hydrogens is 404 g/mol. The summed E-state index contributed by atoms with van der Waals surface area (Å²) < 4.78 is 13.9. The van der Waals surface area contributed by atoms with E-state index in [0.29, 0.717) is 12.6 Å². The second kappa shape index (κ2) is 9.50. The van der Waals surface area contributed by atoms with Crippen LogP contribution in [0.25, 0.3) is 22.3 Å². The molecular formula is C24H34N4O2Si. The molecule has 0 unspecified atom stereocenters. The zero-order chi connectivity index (χ0) is 21.8. The van der Waals surface area contributed by atoms with E-state index in [1.807, 2.05) is 7.05 Å². The maximum absolute atomic E-state index is 6.09. The number of ether oxygens (including phenoxy) is 2. The van der Waals surface area contributed by atoms with Gasteiger partial charge >= 0.3 is 0 Å². The van der Waals surface area contributed by atoms with Gasteiger partial charge in [0.05, 0.1) is 5.69 Å². The van der Waals surface area contributed by atoms with Crippen molar-refractivity contribution in [1.29, 1.82) is 0 Å². The van der Waals surface area contributed by atoms with E-state index in [0.717, 1.165) is 66.7 Å². The normalized spacial score (nSPS) is 15.5. The zero-order valence-corrected chi connectivity index (χ0v) is 20.1. The van der Waals surface area contributed by atoms with Crippen LogP contribution in [0.4, 0.5) is 5.69 Å². The highest BCUT2D eigenvalue weighted by Crippen LogP contribution is 2.38. The molecule has 0 bridgehead atoms. The van der Waals surface area contributed by atoms with E-state index in [1.54, 1.807) is 6.33 Å². The van der Waals surface area contributed by atoms with Gasteiger partial charge < -0.3 is 19.4 Å². The minimum Gasteiger partial charge on any atom is -0.388 e. The van der Waals surface area contributed by atoms with Crippen LogP contribution >= 0.6 is 0 Å². The molecule has 6 nitrogen and oxygen atoms in total. The summed E-state index contributed by atoms with van der Waals surface area (Å²) in [6.45, 7) is 10.1. The molecule has 0 spiro atoms. The van der Waals surface area contributed by atoms with Crippen LogP contribution in [0.5, 0.6) is 0 Å². The van der Waals surface area contributed by atoms with Gasteiger partial charge in [-0.3, -0.25) is 0 Å². The zero-order valence-electron chi connectivity index (χ0n) is 19.1. The Morgan fingerprint density at radius 1 is 1.19 bits per heavy atom. The van der Waals surface area contributed by atoms with Crippen LogP contribution in [-0.4, -0.2) is 49.5 Å². The lowest BCUT2D eigenvalue weighted by molar-refractivity contribution is 0.0840. The first-order valence-electron chi connectivity index (χ1n) is 11.2. The summed E-state index contributed by atoms with van der Waals surface area (Å²) >= 11 is 0. The average Bonchev–Trinajstić information content (AvgIpc) is 3.15. The van der Waals surface area contributed by atoms with Gasteiger partial charge in [0.15, 0.2) is 0 Å². The summed E-state index contributed by atoms with van der Waals surface area (Å²) in [6.07, 6.45) is 5.98. The maximum atomic E-state index is 6.09. The number of nitrogens with zero attached hydrogens (tertiary/aromatic N) is 3. The first kappa shape index (κ1) is 22.0. The Morgan fingerprint density at radius 3 is 2.74 bits per heavy atom. The molecule has 3 aromatic rings. The molecule has 1 aromatic carbocycles. The molecule has 3 heterocycles. The quantitative estimate of drug-likeness (QED) is 0.380. The Kier molecular flexibility index (Phi) is 6.74. The molecule has 1 saturated heterocycles. The molecule has 1 N–H and O–H groups in total. The van der Waals surface area contributed by atoms with Gasteiger partial charge in [0.1, 0.15) is 18.7 Å². The van der Waals surface area contributed by atoms with Gasteiger partial charge in [0, 0.05) is 57.8 Å². The molecule has 1 aliphatic heterocycles. The van der Waals surface area contributed by atoms with Crippen LogP contribution in [0.1, 0.15) is 24.3 Å². The van der Waals surface area contributed by atoms with E-state index in [4.69, 9.17) is 14.5 Å². The van der Waals surface area contributed by atoms with Gasteiger partial charge in [0.2, 0.25) is 0 Å². The van der Waals surface area contributed by atoms with Crippen molar-refractivity contribution in [3.8, 4) is 11.3 Å². The largest absolute Gasteiger partial charge is 0.388 e. The maximum Gasteiger partial charge on any atom is 0.146 e. The molecule has 1 fully saturated rings. The van der Waals surface area contributed by atoms with Crippen molar-refractivity contribution in [1.82, 2.24) is 14.5 Å². The minimum atomic E-state index is -1.11. The van der Waals surface area contributed by atoms with Crippen molar-refractivity contribution >= 4 is 24.8 Å². The molecule has 31 heavy (non-hydrogen) atoms. The first-order valence-corrected chi connectivity index (χ1v) is 14.9. The van der Waals surface area contributed by atoms with E-state index in [2.05, 4.69) is 65.0 Å². The topological polar surface area (TPSA) is 61.2 Å². The van der Waals surface area contributed by atoms with E-state index in [1.165, 1.54) is 5.56 Å². The van der Waals surface area contributed by atoms with Crippen molar-refractivity contribution in [2.75, 3.05) is 32.2 Å². The van der Waals surface area contributed by atoms with Crippen molar-refractivity contribution in [3.05, 3.63) is 42.4 Å². The van der Waals surface area contributed by atoms with Gasteiger partial charge in [-0.15, -0.1) is 0 Å². The van der Waals surface area contributed by atoms with Crippen molar-refractivity contribution < 1.29 is 9.47 Å². The smallest absolute Gasteiger partial charge is 0.146 e. The predicted molar refractivity (Wildman–Crippen MR) is 129 cm³/mol. The lowest BCUT2D eigenvalue weighted by Crippen LogP contribution is -2.22. The number of aromatic nitrogens is 3. The molecule has 0 saturated carbocycles. The Balaban J connectivity index is 1.73. The van der Waals surface area contributed by atoms with E-state index >= 15 is 0 Å². The molecule has 0 aliphatic carbocycles. The van der Waals surface area contributed by atoms with Crippen LogP contribution in [0, 0.1) is 0 Å². The second-order valence-corrected chi connectivity index (χ2v) is 15.2. The molecule has 166 valence electrons. The summed E-state index contributed by atoms with van der Waals surface area (Å²) in [5, 5.41) is 4.38. The number of fused-ring (bicyclic) bond motifs is 1. The number of hydrogen-bond acceptors (Lipinski definition) is 5. The third-order valence-corrected chi connectivity index (χ3v) is 7.70. The fraction of sp³-hybridized carbons (Fsp3) is 0.500. The number of anilines is 1. The summed E-state index contributed by atoms with van der Waals surface area (Å²) in [5.41, 5.74) is 5.44. The molecule has 1 aliphatic rings. The Labute approximate surface area is 186 Å². The predicted octanol–water partition coefficient (Wildman–Crippen LogP) is 5.35. The standard InChI is InChI=1S/C24H34N4O2Si/c1-25-20-7-5-6-19(14-20)23-22-21(18-8-10-29-11-9-18)15-28(24(22)27-16-26-23)17-30-12-13-31(2,3)4/h5-7,14-16,18,25H,8-13,17H2,1-4H3. The Hall–Kier alpha value is -2.22. The number of rotatable bonds is 8. The fourth-order valence-electron chi connectivity index (χ4n) is 4.15. The number of benzene rings is 1. The van der Waals surface area contributed by atoms with Gasteiger partial charge in [-0.2, -0.15) is 0 Å². The highest BCUT2D eigenvalue weighted by atomic mass is 28.3. The SMILES string of the molecule is CNc1cccc(-c2ncnc3c2c(C2CCOCC2)cn3COCC[Si](C)(C)C)c1. The second-order valence-electron chi connectivity index (χ2n) is 9.54. The molecule has 7 heteroatoms. The molecule has 4 rings (SSSR count). The molecule has 0 amide bonds. The van der Waals surface area contributed by atoms with Crippen LogP contribution in [-0.2, 0) is 16.2 Å². The van der Waals surface area contributed by atoms with Gasteiger partial charge in [-0.1, -0.05) is 31.8 Å². The lowest BCUT2D eigenvalue weighted by Gasteiger charge is -2.22. The average molecular weight is 439 g/mol. The van der Waals surface area contributed by atoms with Crippen LogP contribution in [0.2, 0.25) is 25.7 Å². The third kappa shape index (κ3) is 5.17. The highest BCUT2D eigenvalue weighted by molar-refractivity contribution is 6.76. The van der Waals surface area contributed by atoms with Crippen molar-refractivity contribution in [2.45, 2.75) is 51.2 Å². The van der Waals surface area contributed by atoms with Crippen LogP contribution in [0.15, 0.2) is 36.8 Å². The molecule has 0 atom stereocenters. The van der Waals surface area contributed by atoms with Crippen molar-refractivity contribution in [3.63, 3.8) is 0 Å². The Bertz CT molecular complexity index is 1020. The summed E-state index contributed by atoms with van der Waals surface area (Å²) in [4.78, 5) is 9.42. The number of nitrogens with one attached hydrogen (secondary N) is 1. The van der Waals surface area contributed by atoms with E-state index < -0.39 is 8.07 Å². The third-order valence-electron chi connectivity index (χ3n) is 6.00. The molecule has 0 radical (unpaired) electrons. The lowest BCUT2D eigenvalue weighted by atomic mass is 9.90. The number of hydrogen-bond donors (Lipinski definition) is 1. The summed E-state index contributed by atoms with van der Waals surface area (Å²) in [7, 11) is 0.828.